The van der Waals surface area contributed by atoms with E-state index < -0.39 is 0 Å². The largest absolute Gasteiger partial charge is 0.102 e. The van der Waals surface area contributed by atoms with Crippen LogP contribution in [0.3, 0.4) is 0 Å². The highest BCUT2D eigenvalue weighted by Gasteiger charge is 2.27. The summed E-state index contributed by atoms with van der Waals surface area (Å²) in [7, 11) is 0. The summed E-state index contributed by atoms with van der Waals surface area (Å²) in [4.78, 5) is 0. The Bertz CT molecular complexity index is 374. The second kappa shape index (κ2) is 3.45. The number of rotatable bonds is 2. The van der Waals surface area contributed by atoms with Crippen molar-refractivity contribution in [3.05, 3.63) is 60.2 Å². The molecule has 0 heteroatoms. The Morgan fingerprint density at radius 3 is 2.57 bits per heavy atom. The standard InChI is InChI=1S/C14H16/c1-4-11-9-12(5-2)14-10(3)7-6-8-13(11)14/h4-8,11-12H,1-2,9H2,3H3. The number of allylic oxidation sites excluding steroid dienone is 2. The van der Waals surface area contributed by atoms with Gasteiger partial charge in [0.25, 0.3) is 0 Å². The van der Waals surface area contributed by atoms with Crippen molar-refractivity contribution in [3.8, 4) is 0 Å². The van der Waals surface area contributed by atoms with Crippen molar-refractivity contribution in [3.63, 3.8) is 0 Å². The Balaban J connectivity index is 2.58. The lowest BCUT2D eigenvalue weighted by Gasteiger charge is -2.08. The predicted molar refractivity (Wildman–Crippen MR) is 61.7 cm³/mol. The van der Waals surface area contributed by atoms with Gasteiger partial charge in [0, 0.05) is 11.8 Å². The number of fused-ring (bicyclic) bond motifs is 1. The smallest absolute Gasteiger partial charge is 0.00296 e. The van der Waals surface area contributed by atoms with E-state index in [0.717, 1.165) is 6.42 Å². The highest BCUT2D eigenvalue weighted by Crippen LogP contribution is 2.44. The van der Waals surface area contributed by atoms with E-state index in [2.05, 4.69) is 50.4 Å². The van der Waals surface area contributed by atoms with Crippen LogP contribution in [0.15, 0.2) is 43.5 Å². The van der Waals surface area contributed by atoms with Crippen LogP contribution in [0.5, 0.6) is 0 Å². The lowest BCUT2D eigenvalue weighted by molar-refractivity contribution is 0.750. The maximum absolute atomic E-state index is 3.92. The first-order valence-corrected chi connectivity index (χ1v) is 5.12. The Morgan fingerprint density at radius 1 is 1.21 bits per heavy atom. The van der Waals surface area contributed by atoms with Gasteiger partial charge in [-0.25, -0.2) is 0 Å². The third kappa shape index (κ3) is 1.22. The zero-order valence-electron chi connectivity index (χ0n) is 8.66. The Hall–Kier alpha value is -1.30. The summed E-state index contributed by atoms with van der Waals surface area (Å²) in [5, 5.41) is 0. The summed E-state index contributed by atoms with van der Waals surface area (Å²) in [6.07, 6.45) is 5.27. The molecule has 14 heavy (non-hydrogen) atoms. The van der Waals surface area contributed by atoms with E-state index in [4.69, 9.17) is 0 Å². The van der Waals surface area contributed by atoms with Gasteiger partial charge in [-0.05, 0) is 30.0 Å². The zero-order chi connectivity index (χ0) is 10.1. The summed E-state index contributed by atoms with van der Waals surface area (Å²) in [5.41, 5.74) is 4.31. The fourth-order valence-corrected chi connectivity index (χ4v) is 2.49. The lowest BCUT2D eigenvalue weighted by atomic mass is 9.97. The van der Waals surface area contributed by atoms with Gasteiger partial charge in [0.05, 0.1) is 0 Å². The Labute approximate surface area is 86.0 Å². The van der Waals surface area contributed by atoms with Crippen LogP contribution in [0.1, 0.15) is 34.9 Å². The molecule has 0 aromatic heterocycles. The molecule has 1 aromatic rings. The molecule has 0 aliphatic heterocycles. The van der Waals surface area contributed by atoms with Crippen molar-refractivity contribution < 1.29 is 0 Å². The van der Waals surface area contributed by atoms with Crippen LogP contribution in [-0.2, 0) is 0 Å². The third-order valence-corrected chi connectivity index (χ3v) is 3.21. The van der Waals surface area contributed by atoms with Gasteiger partial charge in [0.15, 0.2) is 0 Å². The molecule has 2 unspecified atom stereocenters. The molecule has 1 aromatic carbocycles. The van der Waals surface area contributed by atoms with Gasteiger partial charge in [-0.1, -0.05) is 30.4 Å². The monoisotopic (exact) mass is 184 g/mol. The summed E-state index contributed by atoms with van der Waals surface area (Å²) in [6, 6.07) is 6.54. The maximum atomic E-state index is 3.92. The molecule has 0 saturated heterocycles. The zero-order valence-corrected chi connectivity index (χ0v) is 8.66. The van der Waals surface area contributed by atoms with E-state index in [9.17, 15) is 0 Å². The SMILES string of the molecule is C=CC1CC(C=C)c2c(C)cccc21. The highest BCUT2D eigenvalue weighted by atomic mass is 14.3. The number of hydrogen-bond acceptors (Lipinski definition) is 0. The summed E-state index contributed by atoms with van der Waals surface area (Å²) >= 11 is 0. The van der Waals surface area contributed by atoms with E-state index in [-0.39, 0.29) is 0 Å². The van der Waals surface area contributed by atoms with Crippen LogP contribution in [-0.4, -0.2) is 0 Å². The van der Waals surface area contributed by atoms with Crippen molar-refractivity contribution in [2.24, 2.45) is 0 Å². The van der Waals surface area contributed by atoms with Crippen LogP contribution in [0.4, 0.5) is 0 Å². The summed E-state index contributed by atoms with van der Waals surface area (Å²) in [6.45, 7) is 10.0. The first-order valence-electron chi connectivity index (χ1n) is 5.12. The molecule has 0 bridgehead atoms. The molecule has 1 aliphatic rings. The topological polar surface area (TPSA) is 0 Å². The van der Waals surface area contributed by atoms with Crippen molar-refractivity contribution >= 4 is 0 Å². The van der Waals surface area contributed by atoms with Crippen molar-refractivity contribution in [2.45, 2.75) is 25.2 Å². The molecule has 0 N–H and O–H groups in total. The highest BCUT2D eigenvalue weighted by molar-refractivity contribution is 5.47. The maximum Gasteiger partial charge on any atom is 0.00296 e. The van der Waals surface area contributed by atoms with Crippen molar-refractivity contribution in [1.29, 1.82) is 0 Å². The van der Waals surface area contributed by atoms with Crippen molar-refractivity contribution in [2.75, 3.05) is 0 Å². The molecule has 2 rings (SSSR count). The van der Waals surface area contributed by atoms with E-state index in [0.29, 0.717) is 11.8 Å². The molecule has 0 amide bonds. The molecule has 0 spiro atoms. The fraction of sp³-hybridized carbons (Fsp3) is 0.286. The molecule has 72 valence electrons. The lowest BCUT2D eigenvalue weighted by Crippen LogP contribution is -1.91. The molecule has 2 atom stereocenters. The van der Waals surface area contributed by atoms with Crippen molar-refractivity contribution in [1.82, 2.24) is 0 Å². The molecular formula is C14H16. The third-order valence-electron chi connectivity index (χ3n) is 3.21. The number of aryl methyl sites for hydroxylation is 1. The first kappa shape index (κ1) is 9.26. The van der Waals surface area contributed by atoms with Gasteiger partial charge in [-0.3, -0.25) is 0 Å². The molecule has 0 heterocycles. The molecular weight excluding hydrogens is 168 g/mol. The van der Waals surface area contributed by atoms with Gasteiger partial charge >= 0.3 is 0 Å². The van der Waals surface area contributed by atoms with E-state index in [1.165, 1.54) is 16.7 Å². The van der Waals surface area contributed by atoms with E-state index >= 15 is 0 Å². The quantitative estimate of drug-likeness (QED) is 0.611. The van der Waals surface area contributed by atoms with E-state index in [1.54, 1.807) is 0 Å². The van der Waals surface area contributed by atoms with Gasteiger partial charge < -0.3 is 0 Å². The second-order valence-corrected chi connectivity index (χ2v) is 4.00. The molecule has 0 saturated carbocycles. The minimum Gasteiger partial charge on any atom is -0.102 e. The second-order valence-electron chi connectivity index (χ2n) is 4.00. The average Bonchev–Trinajstić information content (AvgIpc) is 2.57. The van der Waals surface area contributed by atoms with Crippen LogP contribution in [0, 0.1) is 6.92 Å². The predicted octanol–water partition coefficient (Wildman–Crippen LogP) is 3.94. The first-order chi connectivity index (χ1) is 6.77. The van der Waals surface area contributed by atoms with E-state index in [1.807, 2.05) is 0 Å². The van der Waals surface area contributed by atoms with Crippen LogP contribution >= 0.6 is 0 Å². The minimum atomic E-state index is 0.521. The van der Waals surface area contributed by atoms with Crippen LogP contribution in [0.25, 0.3) is 0 Å². The average molecular weight is 184 g/mol. The molecule has 0 fully saturated rings. The Morgan fingerprint density at radius 2 is 1.93 bits per heavy atom. The Kier molecular flexibility index (Phi) is 2.28. The number of hydrogen-bond donors (Lipinski definition) is 0. The molecule has 0 nitrogen and oxygen atoms in total. The number of benzene rings is 1. The summed E-state index contributed by atoms with van der Waals surface area (Å²) < 4.78 is 0. The van der Waals surface area contributed by atoms with Gasteiger partial charge in [0.2, 0.25) is 0 Å². The van der Waals surface area contributed by atoms with Gasteiger partial charge in [-0.15, -0.1) is 13.2 Å². The van der Waals surface area contributed by atoms with Gasteiger partial charge in [0.1, 0.15) is 0 Å². The van der Waals surface area contributed by atoms with Crippen LogP contribution < -0.4 is 0 Å². The van der Waals surface area contributed by atoms with Gasteiger partial charge in [-0.2, -0.15) is 0 Å². The minimum absolute atomic E-state index is 0.521. The van der Waals surface area contributed by atoms with Crippen LogP contribution in [0.2, 0.25) is 0 Å². The summed E-state index contributed by atoms with van der Waals surface area (Å²) in [5.74, 6) is 1.04. The fourth-order valence-electron chi connectivity index (χ4n) is 2.49. The normalized spacial score (nSPS) is 24.4. The molecule has 1 aliphatic carbocycles. The molecule has 0 radical (unpaired) electrons.